The van der Waals surface area contributed by atoms with E-state index in [0.717, 1.165) is 36.0 Å². The summed E-state index contributed by atoms with van der Waals surface area (Å²) in [5.74, 6) is 2.48. The summed E-state index contributed by atoms with van der Waals surface area (Å²) < 4.78 is 0. The zero-order valence-corrected chi connectivity index (χ0v) is 12.7. The quantitative estimate of drug-likeness (QED) is 0.737. The van der Waals surface area contributed by atoms with Gasteiger partial charge in [-0.2, -0.15) is 0 Å². The second kappa shape index (κ2) is 6.70. The van der Waals surface area contributed by atoms with Crippen molar-refractivity contribution in [3.63, 3.8) is 0 Å². The molecule has 108 valence electrons. The Labute approximate surface area is 115 Å². The third-order valence-electron chi connectivity index (χ3n) is 2.76. The van der Waals surface area contributed by atoms with E-state index >= 15 is 0 Å². The maximum Gasteiger partial charge on any atom is 0.138 e. The Hall–Kier alpha value is -1.36. The zero-order valence-electron chi connectivity index (χ0n) is 12.7. The van der Waals surface area contributed by atoms with Gasteiger partial charge in [-0.15, -0.1) is 0 Å². The van der Waals surface area contributed by atoms with Gasteiger partial charge in [-0.05, 0) is 13.3 Å². The highest BCUT2D eigenvalue weighted by atomic mass is 16.3. The van der Waals surface area contributed by atoms with E-state index in [-0.39, 0.29) is 12.0 Å². The van der Waals surface area contributed by atoms with Gasteiger partial charge in [-0.25, -0.2) is 9.97 Å². The molecular weight excluding hydrogens is 240 g/mol. The molecule has 0 aliphatic heterocycles. The molecule has 0 bridgehead atoms. The van der Waals surface area contributed by atoms with Crippen LogP contribution >= 0.6 is 0 Å². The lowest BCUT2D eigenvalue weighted by molar-refractivity contribution is 0.311. The maximum absolute atomic E-state index is 8.94. The summed E-state index contributed by atoms with van der Waals surface area (Å²) in [5, 5.41) is 15.4. The first-order valence-corrected chi connectivity index (χ1v) is 6.87. The number of aliphatic hydroxyl groups is 1. The van der Waals surface area contributed by atoms with Gasteiger partial charge in [0.15, 0.2) is 0 Å². The summed E-state index contributed by atoms with van der Waals surface area (Å²) in [5.41, 5.74) is 0.890. The van der Waals surface area contributed by atoms with E-state index in [2.05, 4.69) is 48.3 Å². The van der Waals surface area contributed by atoms with E-state index in [0.29, 0.717) is 6.54 Å². The molecular formula is C14H26N4O. The second-order valence-electron chi connectivity index (χ2n) is 5.70. The lowest BCUT2D eigenvalue weighted by Crippen LogP contribution is -2.20. The lowest BCUT2D eigenvalue weighted by Gasteiger charge is -2.21. The number of anilines is 2. The normalized spacial score (nSPS) is 11.5. The van der Waals surface area contributed by atoms with Crippen molar-refractivity contribution < 1.29 is 5.11 Å². The van der Waals surface area contributed by atoms with E-state index in [1.54, 1.807) is 0 Å². The number of rotatable bonds is 6. The summed E-state index contributed by atoms with van der Waals surface area (Å²) in [6.45, 7) is 11.9. The average molecular weight is 266 g/mol. The molecule has 0 fully saturated rings. The van der Waals surface area contributed by atoms with Crippen LogP contribution in [0.4, 0.5) is 11.6 Å². The summed E-state index contributed by atoms with van der Waals surface area (Å²) >= 11 is 0. The molecule has 0 aromatic carbocycles. The van der Waals surface area contributed by atoms with Crippen LogP contribution in [0.5, 0.6) is 0 Å². The zero-order chi connectivity index (χ0) is 14.5. The van der Waals surface area contributed by atoms with E-state index in [1.807, 2.05) is 6.92 Å². The fourth-order valence-corrected chi connectivity index (χ4v) is 1.61. The molecule has 0 atom stereocenters. The Morgan fingerprint density at radius 3 is 2.00 bits per heavy atom. The minimum absolute atomic E-state index is 0.0893. The molecule has 0 spiro atoms. The molecule has 0 unspecified atom stereocenters. The van der Waals surface area contributed by atoms with Crippen molar-refractivity contribution >= 4 is 11.6 Å². The topological polar surface area (TPSA) is 70.1 Å². The second-order valence-corrected chi connectivity index (χ2v) is 5.70. The van der Waals surface area contributed by atoms with Crippen molar-refractivity contribution in [3.05, 3.63) is 11.4 Å². The molecule has 3 N–H and O–H groups in total. The number of hydrogen-bond donors (Lipinski definition) is 3. The third-order valence-corrected chi connectivity index (χ3v) is 2.76. The minimum Gasteiger partial charge on any atom is -0.395 e. The first kappa shape index (κ1) is 15.7. The predicted molar refractivity (Wildman–Crippen MR) is 79.8 cm³/mol. The monoisotopic (exact) mass is 266 g/mol. The van der Waals surface area contributed by atoms with Crippen molar-refractivity contribution in [2.45, 2.75) is 46.5 Å². The number of aromatic nitrogens is 2. The van der Waals surface area contributed by atoms with Crippen LogP contribution in [0.2, 0.25) is 0 Å². The van der Waals surface area contributed by atoms with Gasteiger partial charge >= 0.3 is 0 Å². The molecule has 1 rings (SSSR count). The SMILES string of the molecule is CCCNc1nc(C(C)(C)C)nc(NCCO)c1C. The lowest BCUT2D eigenvalue weighted by atomic mass is 9.95. The number of hydrogen-bond acceptors (Lipinski definition) is 5. The Morgan fingerprint density at radius 2 is 1.58 bits per heavy atom. The van der Waals surface area contributed by atoms with E-state index < -0.39 is 0 Å². The van der Waals surface area contributed by atoms with Crippen LogP contribution in [0.25, 0.3) is 0 Å². The van der Waals surface area contributed by atoms with Crippen LogP contribution < -0.4 is 10.6 Å². The molecule has 5 nitrogen and oxygen atoms in total. The molecule has 1 aromatic rings. The van der Waals surface area contributed by atoms with E-state index in [4.69, 9.17) is 5.11 Å². The Balaban J connectivity index is 3.14. The summed E-state index contributed by atoms with van der Waals surface area (Å²) in [7, 11) is 0. The molecule has 0 aliphatic rings. The van der Waals surface area contributed by atoms with Crippen molar-refractivity contribution in [3.8, 4) is 0 Å². The first-order chi connectivity index (χ1) is 8.90. The summed E-state index contributed by atoms with van der Waals surface area (Å²) in [6, 6.07) is 0. The number of nitrogens with zero attached hydrogens (tertiary/aromatic N) is 2. The molecule has 19 heavy (non-hydrogen) atoms. The van der Waals surface area contributed by atoms with Gasteiger partial charge in [-0.1, -0.05) is 27.7 Å². The van der Waals surface area contributed by atoms with Gasteiger partial charge in [0.25, 0.3) is 0 Å². The Kier molecular flexibility index (Phi) is 5.54. The van der Waals surface area contributed by atoms with Crippen molar-refractivity contribution in [2.75, 3.05) is 30.3 Å². The molecule has 1 aromatic heterocycles. The van der Waals surface area contributed by atoms with Crippen LogP contribution in [0, 0.1) is 6.92 Å². The highest BCUT2D eigenvalue weighted by Gasteiger charge is 2.20. The molecule has 0 saturated carbocycles. The van der Waals surface area contributed by atoms with Gasteiger partial charge in [0.05, 0.1) is 6.61 Å². The molecule has 0 radical (unpaired) electrons. The molecule has 5 heteroatoms. The van der Waals surface area contributed by atoms with Crippen LogP contribution in [0.1, 0.15) is 45.5 Å². The summed E-state index contributed by atoms with van der Waals surface area (Å²) in [6.07, 6.45) is 1.05. The first-order valence-electron chi connectivity index (χ1n) is 6.87. The Bertz CT molecular complexity index is 383. The molecule has 0 saturated heterocycles. The van der Waals surface area contributed by atoms with Crippen molar-refractivity contribution in [2.24, 2.45) is 0 Å². The van der Waals surface area contributed by atoms with Crippen molar-refractivity contribution in [1.82, 2.24) is 9.97 Å². The van der Waals surface area contributed by atoms with Gasteiger partial charge in [0.2, 0.25) is 0 Å². The molecule has 0 amide bonds. The van der Waals surface area contributed by atoms with Gasteiger partial charge in [0, 0.05) is 24.1 Å². The average Bonchev–Trinajstić information content (AvgIpc) is 2.34. The van der Waals surface area contributed by atoms with Gasteiger partial charge < -0.3 is 15.7 Å². The van der Waals surface area contributed by atoms with E-state index in [1.165, 1.54) is 0 Å². The Morgan fingerprint density at radius 1 is 1.05 bits per heavy atom. The van der Waals surface area contributed by atoms with E-state index in [9.17, 15) is 0 Å². The van der Waals surface area contributed by atoms with Crippen LogP contribution in [0.3, 0.4) is 0 Å². The standard InChI is InChI=1S/C14H26N4O/c1-6-7-15-11-10(2)12(16-8-9-19)18-13(17-11)14(3,4)5/h19H,6-9H2,1-5H3,(H2,15,16,17,18). The molecule has 1 heterocycles. The third kappa shape index (κ3) is 4.35. The highest BCUT2D eigenvalue weighted by Crippen LogP contribution is 2.26. The largest absolute Gasteiger partial charge is 0.395 e. The number of aliphatic hydroxyl groups excluding tert-OH is 1. The van der Waals surface area contributed by atoms with Crippen LogP contribution in [0.15, 0.2) is 0 Å². The predicted octanol–water partition coefficient (Wildman–Crippen LogP) is 2.31. The van der Waals surface area contributed by atoms with Gasteiger partial charge in [-0.3, -0.25) is 0 Å². The molecule has 0 aliphatic carbocycles. The summed E-state index contributed by atoms with van der Waals surface area (Å²) in [4.78, 5) is 9.20. The van der Waals surface area contributed by atoms with Gasteiger partial charge in [0.1, 0.15) is 17.5 Å². The van der Waals surface area contributed by atoms with Crippen molar-refractivity contribution in [1.29, 1.82) is 0 Å². The minimum atomic E-state index is -0.105. The smallest absolute Gasteiger partial charge is 0.138 e. The number of nitrogens with one attached hydrogen (secondary N) is 2. The van der Waals surface area contributed by atoms with Crippen LogP contribution in [-0.2, 0) is 5.41 Å². The fraction of sp³-hybridized carbons (Fsp3) is 0.714. The van der Waals surface area contributed by atoms with Crippen LogP contribution in [-0.4, -0.2) is 34.8 Å². The maximum atomic E-state index is 8.94. The fourth-order valence-electron chi connectivity index (χ4n) is 1.61. The highest BCUT2D eigenvalue weighted by molar-refractivity contribution is 5.57.